The average Bonchev–Trinajstić information content (AvgIpc) is 3.48. The van der Waals surface area contributed by atoms with Crippen LogP contribution in [0.1, 0.15) is 32.6 Å². The highest BCUT2D eigenvalue weighted by Gasteiger charge is 2.56. The lowest BCUT2D eigenvalue weighted by Gasteiger charge is -2.25. The van der Waals surface area contributed by atoms with Crippen molar-refractivity contribution in [3.8, 4) is 5.75 Å². The van der Waals surface area contributed by atoms with Gasteiger partial charge in [0.05, 0.1) is 12.9 Å². The maximum atomic E-state index is 12.8. The predicted molar refractivity (Wildman–Crippen MR) is 130 cm³/mol. The number of ether oxygens (including phenoxy) is 4. The van der Waals surface area contributed by atoms with E-state index in [1.165, 1.54) is 25.7 Å². The van der Waals surface area contributed by atoms with Crippen LogP contribution in [0, 0.1) is 0 Å². The second-order valence-corrected chi connectivity index (χ2v) is 10.7. The summed E-state index contributed by atoms with van der Waals surface area (Å²) in [6.07, 6.45) is 1.61. The molecule has 37 heavy (non-hydrogen) atoms. The van der Waals surface area contributed by atoms with Crippen molar-refractivity contribution in [2.75, 3.05) is 12.3 Å². The predicted octanol–water partition coefficient (Wildman–Crippen LogP) is 2.62. The standard InChI is InChI=1S/C23H26N5O8P/c1-13(29)33-15-7-5-4-6-14(15)8-9-37(30,31)32-10-16-18-19(36-23(2,3)35-18)22(34-16)28-12-27-17-20(24)25-11-26-21(17)28/h4-9,11-12,16,18-19,22H,10H2,1-3H3,(H,30,31)(H2,24,25,26)/t16-,18-,19-,22-/m1/s1. The minimum absolute atomic E-state index is 0.227. The summed E-state index contributed by atoms with van der Waals surface area (Å²) in [5, 5.41) is 0. The van der Waals surface area contributed by atoms with Crippen molar-refractivity contribution in [2.45, 2.75) is 51.1 Å². The number of hydrogen-bond donors (Lipinski definition) is 2. The zero-order valence-corrected chi connectivity index (χ0v) is 21.1. The highest BCUT2D eigenvalue weighted by molar-refractivity contribution is 7.56. The van der Waals surface area contributed by atoms with E-state index in [-0.39, 0.29) is 18.2 Å². The number of hydrogen-bond acceptors (Lipinski definition) is 11. The molecule has 5 atom stereocenters. The molecular formula is C23H26N5O8P. The van der Waals surface area contributed by atoms with Gasteiger partial charge in [0.2, 0.25) is 0 Å². The largest absolute Gasteiger partial charge is 0.426 e. The van der Waals surface area contributed by atoms with E-state index in [4.69, 9.17) is 29.2 Å². The van der Waals surface area contributed by atoms with Gasteiger partial charge in [0, 0.05) is 18.3 Å². The molecule has 2 aliphatic rings. The third-order valence-electron chi connectivity index (χ3n) is 5.83. The van der Waals surface area contributed by atoms with Crippen LogP contribution in [0.25, 0.3) is 17.2 Å². The summed E-state index contributed by atoms with van der Waals surface area (Å²) in [6.45, 7) is 4.55. The van der Waals surface area contributed by atoms with Crippen LogP contribution in [-0.4, -0.2) is 61.1 Å². The molecule has 2 aliphatic heterocycles. The SMILES string of the molecule is CC(=O)Oc1ccccc1C=CP(=O)(O)OC[C@H]1O[C@@H](n2cnc3c(N)ncnc32)[C@@H]2OC(C)(C)O[C@@H]21. The van der Waals surface area contributed by atoms with E-state index < -0.39 is 43.9 Å². The lowest BCUT2D eigenvalue weighted by molar-refractivity contribution is -0.199. The molecule has 2 saturated heterocycles. The number of para-hydroxylation sites is 1. The first kappa shape index (κ1) is 25.5. The molecule has 5 rings (SSSR count). The monoisotopic (exact) mass is 531 g/mol. The first-order valence-electron chi connectivity index (χ1n) is 11.4. The fraction of sp³-hybridized carbons (Fsp3) is 0.391. The van der Waals surface area contributed by atoms with Gasteiger partial charge in [-0.25, -0.2) is 15.0 Å². The van der Waals surface area contributed by atoms with Crippen molar-refractivity contribution in [3.63, 3.8) is 0 Å². The summed E-state index contributed by atoms with van der Waals surface area (Å²) in [5.41, 5.74) is 7.22. The Morgan fingerprint density at radius 1 is 1.24 bits per heavy atom. The number of fused-ring (bicyclic) bond motifs is 2. The van der Waals surface area contributed by atoms with Gasteiger partial charge < -0.3 is 34.1 Å². The number of carbonyl (C=O) groups is 1. The Morgan fingerprint density at radius 3 is 2.78 bits per heavy atom. The first-order valence-corrected chi connectivity index (χ1v) is 13.1. The Hall–Kier alpha value is -3.19. The Morgan fingerprint density at radius 2 is 2.00 bits per heavy atom. The third-order valence-corrected chi connectivity index (χ3v) is 6.87. The quantitative estimate of drug-likeness (QED) is 0.260. The molecule has 0 radical (unpaired) electrons. The molecule has 14 heteroatoms. The van der Waals surface area contributed by atoms with Crippen molar-refractivity contribution in [1.82, 2.24) is 19.5 Å². The molecule has 0 saturated carbocycles. The normalized spacial score (nSPS) is 26.4. The number of carbonyl (C=O) groups excluding carboxylic acids is 1. The summed E-state index contributed by atoms with van der Waals surface area (Å²) >= 11 is 0. The van der Waals surface area contributed by atoms with Gasteiger partial charge in [-0.05, 0) is 26.0 Å². The molecule has 13 nitrogen and oxygen atoms in total. The number of nitrogens with two attached hydrogens (primary N) is 1. The van der Waals surface area contributed by atoms with Gasteiger partial charge in [-0.15, -0.1) is 0 Å². The number of nitrogen functional groups attached to an aromatic ring is 1. The van der Waals surface area contributed by atoms with Gasteiger partial charge in [-0.3, -0.25) is 13.9 Å². The van der Waals surface area contributed by atoms with Crippen molar-refractivity contribution >= 4 is 36.6 Å². The van der Waals surface area contributed by atoms with E-state index in [0.29, 0.717) is 16.7 Å². The summed E-state index contributed by atoms with van der Waals surface area (Å²) < 4.78 is 43.3. The number of nitrogens with zero attached hydrogens (tertiary/aromatic N) is 4. The van der Waals surface area contributed by atoms with E-state index in [0.717, 1.165) is 5.82 Å². The van der Waals surface area contributed by atoms with Crippen LogP contribution in [0.4, 0.5) is 5.82 Å². The second kappa shape index (κ2) is 9.60. The van der Waals surface area contributed by atoms with Crippen LogP contribution < -0.4 is 10.5 Å². The van der Waals surface area contributed by atoms with Gasteiger partial charge in [0.25, 0.3) is 0 Å². The number of anilines is 1. The molecule has 1 unspecified atom stereocenters. The van der Waals surface area contributed by atoms with E-state index in [9.17, 15) is 14.3 Å². The van der Waals surface area contributed by atoms with Crippen LogP contribution in [0.2, 0.25) is 0 Å². The van der Waals surface area contributed by atoms with Crippen LogP contribution in [0.15, 0.2) is 42.7 Å². The number of aromatic nitrogens is 4. The Balaban J connectivity index is 1.33. The molecule has 0 amide bonds. The fourth-order valence-corrected chi connectivity index (χ4v) is 5.13. The third kappa shape index (κ3) is 5.28. The van der Waals surface area contributed by atoms with Gasteiger partial charge in [-0.1, -0.05) is 18.2 Å². The molecule has 4 heterocycles. The van der Waals surface area contributed by atoms with Crippen molar-refractivity contribution in [2.24, 2.45) is 0 Å². The molecular weight excluding hydrogens is 505 g/mol. The lowest BCUT2D eigenvalue weighted by Crippen LogP contribution is -2.32. The number of rotatable bonds is 7. The van der Waals surface area contributed by atoms with Crippen LogP contribution in [-0.2, 0) is 28.1 Å². The lowest BCUT2D eigenvalue weighted by atomic mass is 10.1. The van der Waals surface area contributed by atoms with E-state index in [1.807, 2.05) is 0 Å². The maximum absolute atomic E-state index is 12.8. The average molecular weight is 531 g/mol. The smallest absolute Gasteiger partial charge is 0.351 e. The number of esters is 1. The molecule has 1 aromatic carbocycles. The molecule has 2 fully saturated rings. The number of benzene rings is 1. The Bertz CT molecular complexity index is 1410. The topological polar surface area (TPSA) is 170 Å². The Kier molecular flexibility index (Phi) is 6.61. The molecule has 3 N–H and O–H groups in total. The second-order valence-electron chi connectivity index (χ2n) is 9.02. The van der Waals surface area contributed by atoms with Gasteiger partial charge >= 0.3 is 13.6 Å². The van der Waals surface area contributed by atoms with Crippen molar-refractivity contribution < 1.29 is 37.7 Å². The highest BCUT2D eigenvalue weighted by Crippen LogP contribution is 2.48. The van der Waals surface area contributed by atoms with Gasteiger partial charge in [-0.2, -0.15) is 0 Å². The molecule has 0 aliphatic carbocycles. The molecule has 0 spiro atoms. The number of imidazole rings is 1. The van der Waals surface area contributed by atoms with Gasteiger partial charge in [0.15, 0.2) is 23.5 Å². The molecule has 2 aromatic heterocycles. The van der Waals surface area contributed by atoms with Crippen LogP contribution >= 0.6 is 7.60 Å². The minimum Gasteiger partial charge on any atom is -0.426 e. The Labute approximate surface area is 211 Å². The summed E-state index contributed by atoms with van der Waals surface area (Å²) in [4.78, 5) is 34.3. The molecule has 0 bridgehead atoms. The summed E-state index contributed by atoms with van der Waals surface area (Å²) in [5.74, 6) is 0.0899. The van der Waals surface area contributed by atoms with Crippen LogP contribution in [0.5, 0.6) is 5.75 Å². The van der Waals surface area contributed by atoms with E-state index >= 15 is 0 Å². The van der Waals surface area contributed by atoms with Gasteiger partial charge in [0.1, 0.15) is 35.9 Å². The van der Waals surface area contributed by atoms with E-state index in [2.05, 4.69) is 15.0 Å². The highest BCUT2D eigenvalue weighted by atomic mass is 31.2. The van der Waals surface area contributed by atoms with Crippen molar-refractivity contribution in [3.05, 3.63) is 48.3 Å². The zero-order valence-electron chi connectivity index (χ0n) is 20.3. The summed E-state index contributed by atoms with van der Waals surface area (Å²) in [6, 6.07) is 6.61. The van der Waals surface area contributed by atoms with Crippen LogP contribution in [0.3, 0.4) is 0 Å². The molecule has 196 valence electrons. The van der Waals surface area contributed by atoms with E-state index in [1.54, 1.807) is 42.7 Å². The minimum atomic E-state index is -4.21. The van der Waals surface area contributed by atoms with Crippen molar-refractivity contribution in [1.29, 1.82) is 0 Å². The maximum Gasteiger partial charge on any atom is 0.351 e. The summed E-state index contributed by atoms with van der Waals surface area (Å²) in [7, 11) is -4.21. The molecule has 3 aromatic rings. The fourth-order valence-electron chi connectivity index (χ4n) is 4.34. The zero-order chi connectivity index (χ0) is 26.4. The first-order chi connectivity index (χ1) is 17.5.